The number of benzene rings is 1. The molecule has 0 aliphatic carbocycles. The average Bonchev–Trinajstić information content (AvgIpc) is 2.73. The summed E-state index contributed by atoms with van der Waals surface area (Å²) in [5.74, 6) is 0.597. The second-order valence-corrected chi connectivity index (χ2v) is 4.60. The van der Waals surface area contributed by atoms with Gasteiger partial charge in [-0.25, -0.2) is 4.79 Å². The van der Waals surface area contributed by atoms with E-state index < -0.39 is 5.97 Å². The molecular formula is C12H11NO3S. The van der Waals surface area contributed by atoms with Crippen molar-refractivity contribution in [1.82, 2.24) is 5.16 Å². The molecule has 5 heteroatoms. The predicted molar refractivity (Wildman–Crippen MR) is 64.2 cm³/mol. The molecule has 17 heavy (non-hydrogen) atoms. The van der Waals surface area contributed by atoms with E-state index in [2.05, 4.69) is 5.16 Å². The van der Waals surface area contributed by atoms with Crippen molar-refractivity contribution in [3.05, 3.63) is 47.3 Å². The molecule has 0 atom stereocenters. The molecule has 0 saturated heterocycles. The van der Waals surface area contributed by atoms with E-state index in [4.69, 9.17) is 9.63 Å². The third-order valence-corrected chi connectivity index (χ3v) is 3.21. The molecule has 0 amide bonds. The van der Waals surface area contributed by atoms with E-state index >= 15 is 0 Å². The van der Waals surface area contributed by atoms with E-state index in [1.807, 2.05) is 13.0 Å². The number of hydrogen-bond acceptors (Lipinski definition) is 4. The summed E-state index contributed by atoms with van der Waals surface area (Å²) in [5.41, 5.74) is 1.18. The van der Waals surface area contributed by atoms with E-state index in [1.165, 1.54) is 0 Å². The number of rotatable bonds is 4. The maximum atomic E-state index is 10.7. The molecule has 0 bridgehead atoms. The highest BCUT2D eigenvalue weighted by molar-refractivity contribution is 7.98. The van der Waals surface area contributed by atoms with Crippen molar-refractivity contribution in [1.29, 1.82) is 0 Å². The van der Waals surface area contributed by atoms with Crippen LogP contribution in [0.15, 0.2) is 39.8 Å². The SMILES string of the molecule is Cc1cc(CSc2ccc(C(=O)O)cc2)no1. The lowest BCUT2D eigenvalue weighted by molar-refractivity contribution is 0.0697. The fourth-order valence-corrected chi connectivity index (χ4v) is 2.12. The Balaban J connectivity index is 1.97. The zero-order valence-electron chi connectivity index (χ0n) is 9.21. The highest BCUT2D eigenvalue weighted by Gasteiger charge is 2.04. The summed E-state index contributed by atoms with van der Waals surface area (Å²) in [5, 5.41) is 12.6. The summed E-state index contributed by atoms with van der Waals surface area (Å²) >= 11 is 1.59. The first-order valence-corrected chi connectivity index (χ1v) is 6.02. The Kier molecular flexibility index (Phi) is 3.49. The smallest absolute Gasteiger partial charge is 0.335 e. The van der Waals surface area contributed by atoms with Crippen molar-refractivity contribution in [2.24, 2.45) is 0 Å². The third kappa shape index (κ3) is 3.10. The number of aryl methyl sites for hydroxylation is 1. The van der Waals surface area contributed by atoms with Gasteiger partial charge in [0.1, 0.15) is 5.76 Å². The minimum absolute atomic E-state index is 0.298. The van der Waals surface area contributed by atoms with Gasteiger partial charge in [0.05, 0.1) is 11.3 Å². The minimum atomic E-state index is -0.909. The van der Waals surface area contributed by atoms with Gasteiger partial charge in [0, 0.05) is 16.7 Å². The normalized spacial score (nSPS) is 10.4. The Morgan fingerprint density at radius 3 is 2.65 bits per heavy atom. The van der Waals surface area contributed by atoms with Crippen LogP contribution in [0.5, 0.6) is 0 Å². The predicted octanol–water partition coefficient (Wildman–Crippen LogP) is 2.97. The molecule has 1 N–H and O–H groups in total. The van der Waals surface area contributed by atoms with Crippen molar-refractivity contribution in [2.75, 3.05) is 0 Å². The van der Waals surface area contributed by atoms with Crippen molar-refractivity contribution in [3.8, 4) is 0 Å². The Labute approximate surface area is 103 Å². The van der Waals surface area contributed by atoms with Crippen LogP contribution in [-0.4, -0.2) is 16.2 Å². The van der Waals surface area contributed by atoms with Gasteiger partial charge in [-0.1, -0.05) is 5.16 Å². The van der Waals surface area contributed by atoms with Crippen LogP contribution in [-0.2, 0) is 5.75 Å². The first-order chi connectivity index (χ1) is 8.15. The molecule has 0 aliphatic rings. The molecular weight excluding hydrogens is 238 g/mol. The summed E-state index contributed by atoms with van der Waals surface area (Å²) in [6.07, 6.45) is 0. The first kappa shape index (κ1) is 11.7. The Bertz CT molecular complexity index is 519. The molecule has 2 rings (SSSR count). The van der Waals surface area contributed by atoms with Gasteiger partial charge in [-0.2, -0.15) is 0 Å². The monoisotopic (exact) mass is 249 g/mol. The molecule has 0 unspecified atom stereocenters. The zero-order valence-corrected chi connectivity index (χ0v) is 10.0. The number of aromatic nitrogens is 1. The number of carboxylic acid groups (broad SMARTS) is 1. The van der Waals surface area contributed by atoms with Crippen LogP contribution in [0.25, 0.3) is 0 Å². The van der Waals surface area contributed by atoms with Gasteiger partial charge in [0.15, 0.2) is 0 Å². The highest BCUT2D eigenvalue weighted by atomic mass is 32.2. The van der Waals surface area contributed by atoms with Crippen LogP contribution in [0.3, 0.4) is 0 Å². The van der Waals surface area contributed by atoms with Crippen LogP contribution >= 0.6 is 11.8 Å². The van der Waals surface area contributed by atoms with Gasteiger partial charge in [-0.15, -0.1) is 11.8 Å². The summed E-state index contributed by atoms with van der Waals surface area (Å²) < 4.78 is 4.96. The van der Waals surface area contributed by atoms with Gasteiger partial charge in [0.25, 0.3) is 0 Å². The molecule has 0 radical (unpaired) electrons. The summed E-state index contributed by atoms with van der Waals surface area (Å²) in [7, 11) is 0. The minimum Gasteiger partial charge on any atom is -0.478 e. The van der Waals surface area contributed by atoms with Crippen LogP contribution < -0.4 is 0 Å². The summed E-state index contributed by atoms with van der Waals surface area (Å²) in [6, 6.07) is 8.66. The summed E-state index contributed by atoms with van der Waals surface area (Å²) in [6.45, 7) is 1.85. The van der Waals surface area contributed by atoms with Crippen molar-refractivity contribution in [3.63, 3.8) is 0 Å². The van der Waals surface area contributed by atoms with E-state index in [0.29, 0.717) is 11.3 Å². The average molecular weight is 249 g/mol. The molecule has 0 saturated carbocycles. The number of thioether (sulfide) groups is 1. The second-order valence-electron chi connectivity index (χ2n) is 3.55. The van der Waals surface area contributed by atoms with Crippen LogP contribution in [0.2, 0.25) is 0 Å². The molecule has 1 aromatic heterocycles. The Morgan fingerprint density at radius 2 is 2.12 bits per heavy atom. The number of aromatic carboxylic acids is 1. The lowest BCUT2D eigenvalue weighted by atomic mass is 10.2. The fourth-order valence-electron chi connectivity index (χ4n) is 1.34. The van der Waals surface area contributed by atoms with Crippen LogP contribution in [0.1, 0.15) is 21.8 Å². The zero-order chi connectivity index (χ0) is 12.3. The van der Waals surface area contributed by atoms with Crippen molar-refractivity contribution >= 4 is 17.7 Å². The lowest BCUT2D eigenvalue weighted by Gasteiger charge is -1.99. The van der Waals surface area contributed by atoms with Gasteiger partial charge in [-0.05, 0) is 31.2 Å². The highest BCUT2D eigenvalue weighted by Crippen LogP contribution is 2.22. The van der Waals surface area contributed by atoms with Gasteiger partial charge in [-0.3, -0.25) is 0 Å². The fraction of sp³-hybridized carbons (Fsp3) is 0.167. The third-order valence-electron chi connectivity index (χ3n) is 2.16. The van der Waals surface area contributed by atoms with Gasteiger partial charge in [0.2, 0.25) is 0 Å². The molecule has 0 fully saturated rings. The van der Waals surface area contributed by atoms with Crippen molar-refractivity contribution in [2.45, 2.75) is 17.6 Å². The largest absolute Gasteiger partial charge is 0.478 e. The Hall–Kier alpha value is -1.75. The number of carbonyl (C=O) groups is 1. The van der Waals surface area contributed by atoms with E-state index in [0.717, 1.165) is 16.3 Å². The number of hydrogen-bond donors (Lipinski definition) is 1. The number of carboxylic acids is 1. The Morgan fingerprint density at radius 1 is 1.41 bits per heavy atom. The van der Waals surface area contributed by atoms with Crippen molar-refractivity contribution < 1.29 is 14.4 Å². The topological polar surface area (TPSA) is 63.3 Å². The maximum absolute atomic E-state index is 10.7. The number of nitrogens with zero attached hydrogens (tertiary/aromatic N) is 1. The summed E-state index contributed by atoms with van der Waals surface area (Å²) in [4.78, 5) is 11.7. The molecule has 1 heterocycles. The van der Waals surface area contributed by atoms with Crippen LogP contribution in [0.4, 0.5) is 0 Å². The van der Waals surface area contributed by atoms with Gasteiger partial charge < -0.3 is 9.63 Å². The van der Waals surface area contributed by atoms with E-state index in [9.17, 15) is 4.79 Å². The second kappa shape index (κ2) is 5.05. The molecule has 0 spiro atoms. The first-order valence-electron chi connectivity index (χ1n) is 5.03. The van der Waals surface area contributed by atoms with E-state index in [1.54, 1.807) is 36.0 Å². The quantitative estimate of drug-likeness (QED) is 0.844. The maximum Gasteiger partial charge on any atom is 0.335 e. The van der Waals surface area contributed by atoms with Crippen LogP contribution in [0, 0.1) is 6.92 Å². The van der Waals surface area contributed by atoms with Gasteiger partial charge >= 0.3 is 5.97 Å². The lowest BCUT2D eigenvalue weighted by Crippen LogP contribution is -1.94. The molecule has 2 aromatic rings. The molecule has 1 aromatic carbocycles. The molecule has 88 valence electrons. The van der Waals surface area contributed by atoms with E-state index in [-0.39, 0.29) is 0 Å². The standard InChI is InChI=1S/C12H11NO3S/c1-8-6-10(13-16-8)7-17-11-4-2-9(3-5-11)12(14)15/h2-6H,7H2,1H3,(H,14,15). The molecule has 4 nitrogen and oxygen atoms in total. The molecule has 0 aliphatic heterocycles.